The van der Waals surface area contributed by atoms with Gasteiger partial charge in [-0.25, -0.2) is 0 Å². The number of benzene rings is 1. The summed E-state index contributed by atoms with van der Waals surface area (Å²) in [6.45, 7) is 5.51. The van der Waals surface area contributed by atoms with E-state index in [9.17, 15) is 0 Å². The highest BCUT2D eigenvalue weighted by molar-refractivity contribution is 5.27. The highest BCUT2D eigenvalue weighted by Gasteiger charge is 2.21. The van der Waals surface area contributed by atoms with Crippen molar-refractivity contribution in [1.82, 2.24) is 0 Å². The molecule has 0 bridgehead atoms. The summed E-state index contributed by atoms with van der Waals surface area (Å²) in [6.07, 6.45) is 31.4. The summed E-state index contributed by atoms with van der Waals surface area (Å²) in [6, 6.07) is 9.06. The summed E-state index contributed by atoms with van der Waals surface area (Å²) in [5, 5.41) is 0. The fourth-order valence-corrected chi connectivity index (χ4v) is 7.02. The monoisotopic (exact) mass is 496 g/mol. The molecule has 2 fully saturated rings. The van der Waals surface area contributed by atoms with E-state index in [4.69, 9.17) is 4.74 Å². The molecule has 1 heteroatoms. The van der Waals surface area contributed by atoms with Crippen molar-refractivity contribution < 1.29 is 4.74 Å². The van der Waals surface area contributed by atoms with Crippen molar-refractivity contribution in [2.24, 2.45) is 23.7 Å². The lowest BCUT2D eigenvalue weighted by Crippen LogP contribution is -2.15. The molecule has 1 aromatic carbocycles. The lowest BCUT2D eigenvalue weighted by Gasteiger charge is -2.28. The molecule has 0 unspecified atom stereocenters. The minimum Gasteiger partial charge on any atom is -0.494 e. The molecule has 0 aliphatic heterocycles. The first kappa shape index (κ1) is 29.6. The van der Waals surface area contributed by atoms with Crippen LogP contribution in [0.4, 0.5) is 0 Å². The molecule has 206 valence electrons. The third-order valence-electron chi connectivity index (χ3n) is 9.65. The predicted molar refractivity (Wildman–Crippen MR) is 158 cm³/mol. The first-order valence-corrected chi connectivity index (χ1v) is 16.5. The largest absolute Gasteiger partial charge is 0.494 e. The average Bonchev–Trinajstić information content (AvgIpc) is 2.92. The summed E-state index contributed by atoms with van der Waals surface area (Å²) in [5.41, 5.74) is 1.50. The minimum absolute atomic E-state index is 0.887. The molecule has 0 N–H and O–H groups in total. The molecule has 0 spiro atoms. The minimum atomic E-state index is 0.887. The number of hydrogen-bond acceptors (Lipinski definition) is 1. The van der Waals surface area contributed by atoms with Crippen LogP contribution in [0.1, 0.15) is 154 Å². The Morgan fingerprint density at radius 2 is 0.972 bits per heavy atom. The first-order chi connectivity index (χ1) is 17.8. The van der Waals surface area contributed by atoms with Crippen LogP contribution < -0.4 is 4.74 Å². The molecule has 0 saturated heterocycles. The van der Waals surface area contributed by atoms with Crippen LogP contribution in [-0.2, 0) is 6.42 Å². The maximum Gasteiger partial charge on any atom is 0.119 e. The standard InChI is InChI=1S/C35H60O/c1-3-5-7-9-12-30-15-17-32(18-16-30)14-11-29-36-35-27-25-34(26-28-35)24-23-33-21-19-31(20-22-33)13-10-8-6-4-2/h25-28,30-33H,3-24,29H2,1-2H3/t30-,31-,32-,33-. The van der Waals surface area contributed by atoms with Gasteiger partial charge in [0.25, 0.3) is 0 Å². The highest BCUT2D eigenvalue weighted by Crippen LogP contribution is 2.35. The Balaban J connectivity index is 1.19. The van der Waals surface area contributed by atoms with E-state index in [2.05, 4.69) is 38.1 Å². The van der Waals surface area contributed by atoms with Gasteiger partial charge in [-0.05, 0) is 67.1 Å². The molecule has 3 rings (SSSR count). The van der Waals surface area contributed by atoms with Crippen molar-refractivity contribution in [3.63, 3.8) is 0 Å². The van der Waals surface area contributed by atoms with Crippen LogP contribution in [0.5, 0.6) is 5.75 Å². The van der Waals surface area contributed by atoms with Gasteiger partial charge in [0.1, 0.15) is 5.75 Å². The second-order valence-electron chi connectivity index (χ2n) is 12.6. The van der Waals surface area contributed by atoms with E-state index in [1.54, 1.807) is 0 Å². The van der Waals surface area contributed by atoms with Crippen molar-refractivity contribution >= 4 is 0 Å². The molecule has 2 saturated carbocycles. The molecule has 2 aliphatic rings. The van der Waals surface area contributed by atoms with Crippen molar-refractivity contribution in [2.75, 3.05) is 6.61 Å². The Kier molecular flexibility index (Phi) is 15.0. The second-order valence-corrected chi connectivity index (χ2v) is 12.6. The highest BCUT2D eigenvalue weighted by atomic mass is 16.5. The zero-order valence-electron chi connectivity index (χ0n) is 24.3. The van der Waals surface area contributed by atoms with Crippen LogP contribution in [0.2, 0.25) is 0 Å². The van der Waals surface area contributed by atoms with Gasteiger partial charge in [0.2, 0.25) is 0 Å². The van der Waals surface area contributed by atoms with E-state index in [-0.39, 0.29) is 0 Å². The Hall–Kier alpha value is -0.980. The molecule has 0 aromatic heterocycles. The SMILES string of the molecule is CCCCCC[C@H]1CC[C@H](CCCOc2ccc(CC[C@H]3CC[C@H](CCCCCC)CC3)cc2)CC1. The number of hydrogen-bond donors (Lipinski definition) is 0. The van der Waals surface area contributed by atoms with E-state index < -0.39 is 0 Å². The normalized spacial score (nSPS) is 24.6. The van der Waals surface area contributed by atoms with Crippen LogP contribution in [0.3, 0.4) is 0 Å². The fourth-order valence-electron chi connectivity index (χ4n) is 7.02. The van der Waals surface area contributed by atoms with Gasteiger partial charge in [0.05, 0.1) is 6.61 Å². The number of aryl methyl sites for hydroxylation is 1. The van der Waals surface area contributed by atoms with E-state index in [0.717, 1.165) is 36.0 Å². The predicted octanol–water partition coefficient (Wildman–Crippen LogP) is 11.3. The molecule has 2 aliphatic carbocycles. The van der Waals surface area contributed by atoms with Crippen LogP contribution in [0.15, 0.2) is 24.3 Å². The quantitative estimate of drug-likeness (QED) is 0.184. The summed E-state index contributed by atoms with van der Waals surface area (Å²) in [5.74, 6) is 5.05. The first-order valence-electron chi connectivity index (χ1n) is 16.5. The molecule has 0 atom stereocenters. The van der Waals surface area contributed by atoms with Gasteiger partial charge in [-0.2, -0.15) is 0 Å². The molecular formula is C35H60O. The molecule has 1 nitrogen and oxygen atoms in total. The summed E-state index contributed by atoms with van der Waals surface area (Å²) in [4.78, 5) is 0. The Bertz CT molecular complexity index is 633. The molecule has 1 aromatic rings. The lowest BCUT2D eigenvalue weighted by molar-refractivity contribution is 0.228. The zero-order chi connectivity index (χ0) is 25.3. The van der Waals surface area contributed by atoms with E-state index in [0.29, 0.717) is 0 Å². The van der Waals surface area contributed by atoms with Gasteiger partial charge in [-0.1, -0.05) is 142 Å². The third kappa shape index (κ3) is 12.0. The van der Waals surface area contributed by atoms with Crippen LogP contribution in [0.25, 0.3) is 0 Å². The van der Waals surface area contributed by atoms with Crippen molar-refractivity contribution in [3.8, 4) is 5.75 Å². The van der Waals surface area contributed by atoms with Gasteiger partial charge < -0.3 is 4.74 Å². The third-order valence-corrected chi connectivity index (χ3v) is 9.65. The summed E-state index contributed by atoms with van der Waals surface area (Å²) in [7, 11) is 0. The van der Waals surface area contributed by atoms with Gasteiger partial charge in [0, 0.05) is 0 Å². The van der Waals surface area contributed by atoms with Crippen molar-refractivity contribution in [1.29, 1.82) is 0 Å². The lowest BCUT2D eigenvalue weighted by atomic mass is 9.78. The maximum absolute atomic E-state index is 6.10. The molecule has 0 amide bonds. The smallest absolute Gasteiger partial charge is 0.119 e. The van der Waals surface area contributed by atoms with E-state index >= 15 is 0 Å². The summed E-state index contributed by atoms with van der Waals surface area (Å²) >= 11 is 0. The summed E-state index contributed by atoms with van der Waals surface area (Å²) < 4.78 is 6.10. The Labute approximate surface area is 225 Å². The van der Waals surface area contributed by atoms with Gasteiger partial charge in [-0.15, -0.1) is 0 Å². The Morgan fingerprint density at radius 1 is 0.528 bits per heavy atom. The van der Waals surface area contributed by atoms with Crippen molar-refractivity contribution in [2.45, 2.75) is 155 Å². The maximum atomic E-state index is 6.10. The zero-order valence-corrected chi connectivity index (χ0v) is 24.3. The van der Waals surface area contributed by atoms with Gasteiger partial charge >= 0.3 is 0 Å². The molecular weight excluding hydrogens is 436 g/mol. The number of unbranched alkanes of at least 4 members (excludes halogenated alkanes) is 6. The van der Waals surface area contributed by atoms with E-state index in [1.807, 2.05) is 0 Å². The average molecular weight is 497 g/mol. The fraction of sp³-hybridized carbons (Fsp3) is 0.829. The van der Waals surface area contributed by atoms with Crippen LogP contribution in [-0.4, -0.2) is 6.61 Å². The molecule has 0 heterocycles. The van der Waals surface area contributed by atoms with Crippen LogP contribution in [0, 0.1) is 23.7 Å². The van der Waals surface area contributed by atoms with Crippen molar-refractivity contribution in [3.05, 3.63) is 29.8 Å². The number of rotatable bonds is 18. The molecule has 36 heavy (non-hydrogen) atoms. The Morgan fingerprint density at radius 3 is 1.44 bits per heavy atom. The van der Waals surface area contributed by atoms with Gasteiger partial charge in [-0.3, -0.25) is 0 Å². The number of ether oxygens (including phenoxy) is 1. The topological polar surface area (TPSA) is 9.23 Å². The van der Waals surface area contributed by atoms with Crippen LogP contribution >= 0.6 is 0 Å². The van der Waals surface area contributed by atoms with Gasteiger partial charge in [0.15, 0.2) is 0 Å². The molecule has 0 radical (unpaired) electrons. The van der Waals surface area contributed by atoms with E-state index in [1.165, 1.54) is 147 Å². The second kappa shape index (κ2) is 18.3.